The van der Waals surface area contributed by atoms with Gasteiger partial charge in [-0.15, -0.1) is 0 Å². The number of aliphatic imine (C=N–C) groups is 1. The van der Waals surface area contributed by atoms with Gasteiger partial charge in [0.15, 0.2) is 0 Å². The van der Waals surface area contributed by atoms with E-state index in [-0.39, 0.29) is 30.6 Å². The molecule has 4 rings (SSSR count). The van der Waals surface area contributed by atoms with Crippen molar-refractivity contribution in [1.82, 2.24) is 14.1 Å². The van der Waals surface area contributed by atoms with E-state index in [0.717, 1.165) is 16.5 Å². The highest BCUT2D eigenvalue weighted by molar-refractivity contribution is 7.89. The lowest BCUT2D eigenvalue weighted by atomic mass is 10.1. The molecule has 10 nitrogen and oxygen atoms in total. The molecule has 0 N–H and O–H groups in total. The Bertz CT molecular complexity index is 1560. The molecule has 1 aliphatic heterocycles. The fraction of sp³-hybridized carbons (Fsp3) is 0.387. The highest BCUT2D eigenvalue weighted by Crippen LogP contribution is 2.25. The summed E-state index contributed by atoms with van der Waals surface area (Å²) in [6.45, 7) is 6.83. The molecule has 42 heavy (non-hydrogen) atoms. The van der Waals surface area contributed by atoms with Crippen LogP contribution in [0, 0.1) is 0 Å². The van der Waals surface area contributed by atoms with E-state index in [1.54, 1.807) is 30.1 Å². The molecule has 0 fully saturated rings. The van der Waals surface area contributed by atoms with Crippen molar-refractivity contribution in [3.8, 4) is 0 Å². The van der Waals surface area contributed by atoms with Gasteiger partial charge >= 0.3 is 6.09 Å². The van der Waals surface area contributed by atoms with Gasteiger partial charge in [-0.2, -0.15) is 4.31 Å². The molecule has 1 heterocycles. The lowest BCUT2D eigenvalue weighted by Crippen LogP contribution is -2.39. The molecule has 11 heteroatoms. The summed E-state index contributed by atoms with van der Waals surface area (Å²) in [4.78, 5) is 33.0. The first-order chi connectivity index (χ1) is 19.9. The number of carbonyl (C=O) groups is 2. The monoisotopic (exact) mass is 594 g/mol. The maximum atomic E-state index is 13.2. The van der Waals surface area contributed by atoms with Gasteiger partial charge in [-0.05, 0) is 37.8 Å². The molecule has 3 aromatic rings. The molecule has 0 aromatic heterocycles. The Morgan fingerprint density at radius 3 is 2.38 bits per heavy atom. The lowest BCUT2D eigenvalue weighted by molar-refractivity contribution is -0.135. The van der Waals surface area contributed by atoms with Gasteiger partial charge in [0.2, 0.25) is 15.9 Å². The number of sulfonamides is 1. The van der Waals surface area contributed by atoms with Gasteiger partial charge in [0, 0.05) is 38.1 Å². The van der Waals surface area contributed by atoms with Crippen LogP contribution in [0.1, 0.15) is 31.9 Å². The maximum absolute atomic E-state index is 13.2. The smallest absolute Gasteiger partial charge is 0.416 e. The zero-order valence-electron chi connectivity index (χ0n) is 24.7. The van der Waals surface area contributed by atoms with Crippen molar-refractivity contribution in [1.29, 1.82) is 0 Å². The highest BCUT2D eigenvalue weighted by atomic mass is 32.2. The van der Waals surface area contributed by atoms with E-state index in [1.165, 1.54) is 16.3 Å². The van der Waals surface area contributed by atoms with Crippen LogP contribution < -0.4 is 0 Å². The molecule has 0 atom stereocenters. The summed E-state index contributed by atoms with van der Waals surface area (Å²) in [7, 11) is -0.544. The second-order valence-electron chi connectivity index (χ2n) is 11.1. The zero-order chi connectivity index (χ0) is 30.5. The summed E-state index contributed by atoms with van der Waals surface area (Å²) in [5.41, 5.74) is 1.10. The van der Waals surface area contributed by atoms with Crippen LogP contribution in [0.15, 0.2) is 76.6 Å². The fourth-order valence-corrected chi connectivity index (χ4v) is 5.85. The molecule has 0 saturated heterocycles. The van der Waals surface area contributed by atoms with Crippen molar-refractivity contribution in [2.24, 2.45) is 4.99 Å². The minimum atomic E-state index is -3.73. The molecule has 0 bridgehead atoms. The predicted molar refractivity (Wildman–Crippen MR) is 162 cm³/mol. The number of ether oxygens (including phenoxy) is 2. The van der Waals surface area contributed by atoms with Gasteiger partial charge in [-0.25, -0.2) is 13.2 Å². The first-order valence-corrected chi connectivity index (χ1v) is 15.2. The molecule has 0 unspecified atom stereocenters. The second-order valence-corrected chi connectivity index (χ2v) is 13.2. The molecule has 0 saturated carbocycles. The van der Waals surface area contributed by atoms with Crippen LogP contribution in [0.25, 0.3) is 10.8 Å². The number of hydrogen-bond acceptors (Lipinski definition) is 7. The summed E-state index contributed by atoms with van der Waals surface area (Å²) in [5, 5.41) is 1.51. The minimum Gasteiger partial charge on any atom is -0.443 e. The summed E-state index contributed by atoms with van der Waals surface area (Å²) in [6.07, 6.45) is -0.425. The van der Waals surface area contributed by atoms with E-state index in [2.05, 4.69) is 4.99 Å². The molecule has 0 spiro atoms. The first kappa shape index (κ1) is 31.1. The van der Waals surface area contributed by atoms with E-state index < -0.39 is 21.7 Å². The predicted octanol–water partition coefficient (Wildman–Crippen LogP) is 4.13. The third kappa shape index (κ3) is 7.53. The number of carbonyl (C=O) groups excluding carboxylic acids is 2. The Labute approximate surface area is 247 Å². The maximum Gasteiger partial charge on any atom is 0.416 e. The van der Waals surface area contributed by atoms with E-state index in [1.807, 2.05) is 69.3 Å². The third-order valence-electron chi connectivity index (χ3n) is 6.73. The van der Waals surface area contributed by atoms with Crippen LogP contribution in [0.2, 0.25) is 0 Å². The molecule has 3 aromatic carbocycles. The molecule has 2 amide bonds. The highest BCUT2D eigenvalue weighted by Gasteiger charge is 2.29. The normalized spacial score (nSPS) is 13.9. The molecule has 0 aliphatic carbocycles. The Morgan fingerprint density at radius 1 is 0.976 bits per heavy atom. The Morgan fingerprint density at radius 2 is 1.67 bits per heavy atom. The quantitative estimate of drug-likeness (QED) is 0.327. The number of hydrogen-bond donors (Lipinski definition) is 0. The topological polar surface area (TPSA) is 109 Å². The van der Waals surface area contributed by atoms with Gasteiger partial charge < -0.3 is 14.4 Å². The Hall–Kier alpha value is -3.80. The Kier molecular flexibility index (Phi) is 9.65. The standard InChI is InChI=1S/C31H38N4O6S/c1-31(2,3)41-30(37)35-18-17-32-29(35)25-15-13-23(14-16-25)21-33(4)28(36)22-40-20-19-34(5)42(38,39)27-12-8-10-24-9-6-7-11-26(24)27/h6-16H,17-22H2,1-5H3. The van der Waals surface area contributed by atoms with Gasteiger partial charge in [-0.3, -0.25) is 14.7 Å². The summed E-state index contributed by atoms with van der Waals surface area (Å²) < 4.78 is 38.6. The number of rotatable bonds is 10. The third-order valence-corrected chi connectivity index (χ3v) is 8.64. The largest absolute Gasteiger partial charge is 0.443 e. The second kappa shape index (κ2) is 13.0. The number of amides is 2. The SMILES string of the molecule is CN(Cc1ccc(C2=NCCN2C(=O)OC(C)(C)C)cc1)C(=O)COCCN(C)S(=O)(=O)c1cccc2ccccc12. The van der Waals surface area contributed by atoms with Gasteiger partial charge in [-0.1, -0.05) is 60.7 Å². The van der Waals surface area contributed by atoms with Crippen molar-refractivity contribution in [3.05, 3.63) is 77.9 Å². The summed E-state index contributed by atoms with van der Waals surface area (Å²) >= 11 is 0. The zero-order valence-corrected chi connectivity index (χ0v) is 25.6. The molecule has 0 radical (unpaired) electrons. The van der Waals surface area contributed by atoms with Crippen LogP contribution in [-0.2, 0) is 30.8 Å². The van der Waals surface area contributed by atoms with Crippen LogP contribution in [0.4, 0.5) is 4.79 Å². The van der Waals surface area contributed by atoms with Gasteiger partial charge in [0.05, 0.1) is 24.6 Å². The minimum absolute atomic E-state index is 0.0744. The lowest BCUT2D eigenvalue weighted by Gasteiger charge is -2.25. The molecular weight excluding hydrogens is 556 g/mol. The molecule has 224 valence electrons. The average Bonchev–Trinajstić information content (AvgIpc) is 3.44. The average molecular weight is 595 g/mol. The fourth-order valence-electron chi connectivity index (χ4n) is 4.48. The van der Waals surface area contributed by atoms with Crippen LogP contribution in [0.5, 0.6) is 0 Å². The molecular formula is C31H38N4O6S. The van der Waals surface area contributed by atoms with Gasteiger partial charge in [0.1, 0.15) is 18.0 Å². The number of nitrogens with zero attached hydrogens (tertiary/aromatic N) is 4. The van der Waals surface area contributed by atoms with Crippen LogP contribution in [-0.4, -0.2) is 92.9 Å². The van der Waals surface area contributed by atoms with Crippen LogP contribution >= 0.6 is 0 Å². The van der Waals surface area contributed by atoms with Crippen molar-refractivity contribution < 1.29 is 27.5 Å². The van der Waals surface area contributed by atoms with Crippen molar-refractivity contribution >= 4 is 38.6 Å². The van der Waals surface area contributed by atoms with Crippen molar-refractivity contribution in [2.75, 3.05) is 46.9 Å². The van der Waals surface area contributed by atoms with E-state index in [4.69, 9.17) is 9.47 Å². The van der Waals surface area contributed by atoms with E-state index in [0.29, 0.717) is 30.9 Å². The molecule has 1 aliphatic rings. The number of amidine groups is 1. The van der Waals surface area contributed by atoms with Crippen molar-refractivity contribution in [3.63, 3.8) is 0 Å². The summed E-state index contributed by atoms with van der Waals surface area (Å²) in [6, 6.07) is 20.1. The van der Waals surface area contributed by atoms with E-state index >= 15 is 0 Å². The van der Waals surface area contributed by atoms with Crippen LogP contribution in [0.3, 0.4) is 0 Å². The van der Waals surface area contributed by atoms with Gasteiger partial charge in [0.25, 0.3) is 0 Å². The summed E-state index contributed by atoms with van der Waals surface area (Å²) in [5.74, 6) is 0.343. The van der Waals surface area contributed by atoms with E-state index in [9.17, 15) is 18.0 Å². The number of likely N-dealkylation sites (N-methyl/N-ethyl adjacent to an activating group) is 2. The first-order valence-electron chi connectivity index (χ1n) is 13.8. The Balaban J connectivity index is 1.25. The number of fused-ring (bicyclic) bond motifs is 1. The van der Waals surface area contributed by atoms with Crippen molar-refractivity contribution in [2.45, 2.75) is 37.8 Å². The number of benzene rings is 3.